The summed E-state index contributed by atoms with van der Waals surface area (Å²) in [5.74, 6) is 5.97. The first kappa shape index (κ1) is 32.6. The Morgan fingerprint density at radius 1 is 0.370 bits per heavy atom. The standard InChI is InChI=1S/C47H40O5P2/c1-47(2)33-13-7-19-39(53(35-15-3-9-29-21-25-48-41(29)35)36-16-4-10-30-22-26-49-42(30)36)45(33)52-46-34(47)14-8-20-40(46)54(37-17-5-11-31-23-27-50-43(31)37)38-18-6-12-32-24-28-51-44(32)38/h3-20H,21-28H2,1-2H3. The van der Waals surface area contributed by atoms with Crippen molar-refractivity contribution in [1.29, 1.82) is 0 Å². The number of fused-ring (bicyclic) bond motifs is 6. The Bertz CT molecular complexity index is 2220. The molecule has 7 heteroatoms. The fourth-order valence-electron chi connectivity index (χ4n) is 9.12. The molecule has 5 heterocycles. The number of ether oxygens (including phenoxy) is 5. The highest BCUT2D eigenvalue weighted by Gasteiger charge is 2.42. The molecular weight excluding hydrogens is 706 g/mol. The van der Waals surface area contributed by atoms with Gasteiger partial charge in [-0.3, -0.25) is 0 Å². The third-order valence-corrected chi connectivity index (χ3v) is 16.8. The molecule has 0 saturated heterocycles. The van der Waals surface area contributed by atoms with Gasteiger partial charge in [-0.15, -0.1) is 0 Å². The monoisotopic (exact) mass is 746 g/mol. The van der Waals surface area contributed by atoms with Gasteiger partial charge in [-0.1, -0.05) is 123 Å². The minimum absolute atomic E-state index is 0.342. The van der Waals surface area contributed by atoms with Crippen LogP contribution in [0.25, 0.3) is 0 Å². The third kappa shape index (κ3) is 4.91. The molecule has 6 aromatic carbocycles. The van der Waals surface area contributed by atoms with Crippen LogP contribution in [0.4, 0.5) is 0 Å². The van der Waals surface area contributed by atoms with Crippen LogP contribution in [0.5, 0.6) is 34.5 Å². The van der Waals surface area contributed by atoms with Crippen LogP contribution in [-0.2, 0) is 31.1 Å². The molecule has 0 fully saturated rings. The van der Waals surface area contributed by atoms with E-state index in [0.29, 0.717) is 26.4 Å². The highest BCUT2D eigenvalue weighted by Crippen LogP contribution is 2.55. The minimum Gasteiger partial charge on any atom is -0.492 e. The van der Waals surface area contributed by atoms with Crippen LogP contribution in [-0.4, -0.2) is 26.4 Å². The van der Waals surface area contributed by atoms with Crippen molar-refractivity contribution >= 4 is 47.7 Å². The summed E-state index contributed by atoms with van der Waals surface area (Å²) in [4.78, 5) is 0. The lowest BCUT2D eigenvalue weighted by molar-refractivity contribution is 0.358. The van der Waals surface area contributed by atoms with Gasteiger partial charge in [-0.05, 0) is 38.1 Å². The number of para-hydroxylation sites is 6. The number of benzene rings is 6. The van der Waals surface area contributed by atoms with Gasteiger partial charge in [-0.25, -0.2) is 0 Å². The molecule has 0 aromatic heterocycles. The smallest absolute Gasteiger partial charge is 0.139 e. The zero-order valence-electron chi connectivity index (χ0n) is 30.5. The SMILES string of the molecule is CC1(C)c2cccc(P(c3cccc4c3OCC4)c3cccc4c3OCC4)c2Oc2c(P(c3cccc4c3OCC4)c3cccc4c3OCC4)cccc21. The largest absolute Gasteiger partial charge is 0.492 e. The number of hydrogen-bond acceptors (Lipinski definition) is 5. The van der Waals surface area contributed by atoms with E-state index < -0.39 is 15.8 Å². The summed E-state index contributed by atoms with van der Waals surface area (Å²) in [6.45, 7) is 7.52. The second kappa shape index (κ2) is 12.6. The Balaban J connectivity index is 1.15. The molecule has 5 aliphatic rings. The van der Waals surface area contributed by atoms with Crippen LogP contribution in [0, 0.1) is 0 Å². The second-order valence-electron chi connectivity index (χ2n) is 15.2. The van der Waals surface area contributed by atoms with Crippen molar-refractivity contribution in [3.05, 3.63) is 143 Å². The topological polar surface area (TPSA) is 46.2 Å². The molecule has 5 aliphatic heterocycles. The fraction of sp³-hybridized carbons (Fsp3) is 0.234. The van der Waals surface area contributed by atoms with Gasteiger partial charge in [-0.2, -0.15) is 0 Å². The summed E-state index contributed by atoms with van der Waals surface area (Å²) in [5.41, 5.74) is 7.13. The summed E-state index contributed by atoms with van der Waals surface area (Å²) in [5, 5.41) is 7.23. The van der Waals surface area contributed by atoms with Gasteiger partial charge in [0.1, 0.15) is 34.5 Å². The van der Waals surface area contributed by atoms with E-state index in [9.17, 15) is 0 Å². The van der Waals surface area contributed by atoms with E-state index in [0.717, 1.165) is 60.2 Å². The molecule has 0 bridgehead atoms. The lowest BCUT2D eigenvalue weighted by Crippen LogP contribution is -2.33. The van der Waals surface area contributed by atoms with Crippen LogP contribution in [0.2, 0.25) is 0 Å². The molecule has 268 valence electrons. The van der Waals surface area contributed by atoms with Crippen LogP contribution in [0.3, 0.4) is 0 Å². The van der Waals surface area contributed by atoms with Crippen molar-refractivity contribution in [2.45, 2.75) is 44.9 Å². The molecule has 0 radical (unpaired) electrons. The maximum Gasteiger partial charge on any atom is 0.139 e. The van der Waals surface area contributed by atoms with Crippen molar-refractivity contribution < 1.29 is 23.7 Å². The van der Waals surface area contributed by atoms with Crippen LogP contribution in [0.15, 0.2) is 109 Å². The summed E-state index contributed by atoms with van der Waals surface area (Å²) < 4.78 is 33.4. The number of hydrogen-bond donors (Lipinski definition) is 0. The van der Waals surface area contributed by atoms with Crippen molar-refractivity contribution in [2.75, 3.05) is 26.4 Å². The Morgan fingerprint density at radius 2 is 0.648 bits per heavy atom. The highest BCUT2D eigenvalue weighted by molar-refractivity contribution is 7.81. The van der Waals surface area contributed by atoms with E-state index in [1.807, 2.05) is 0 Å². The average molecular weight is 747 g/mol. The molecule has 0 amide bonds. The Morgan fingerprint density at radius 3 is 0.963 bits per heavy atom. The summed E-state index contributed by atoms with van der Waals surface area (Å²) in [7, 11) is -2.25. The van der Waals surface area contributed by atoms with Crippen LogP contribution >= 0.6 is 15.8 Å². The zero-order valence-corrected chi connectivity index (χ0v) is 32.3. The lowest BCUT2D eigenvalue weighted by atomic mass is 9.76. The predicted octanol–water partition coefficient (Wildman–Crippen LogP) is 7.37. The molecule has 54 heavy (non-hydrogen) atoms. The molecule has 5 nitrogen and oxygen atoms in total. The quantitative estimate of drug-likeness (QED) is 0.167. The van der Waals surface area contributed by atoms with Gasteiger partial charge in [0.25, 0.3) is 0 Å². The molecular formula is C47H40O5P2. The van der Waals surface area contributed by atoms with Gasteiger partial charge >= 0.3 is 0 Å². The van der Waals surface area contributed by atoms with Gasteiger partial charge in [0.15, 0.2) is 0 Å². The van der Waals surface area contributed by atoms with Gasteiger partial charge in [0.2, 0.25) is 0 Å². The zero-order chi connectivity index (χ0) is 36.0. The molecule has 0 aliphatic carbocycles. The predicted molar refractivity (Wildman–Crippen MR) is 219 cm³/mol. The molecule has 0 unspecified atom stereocenters. The minimum atomic E-state index is -1.13. The Hall–Kier alpha value is -4.82. The van der Waals surface area contributed by atoms with Crippen LogP contribution < -0.4 is 55.5 Å². The highest BCUT2D eigenvalue weighted by atomic mass is 31.1. The van der Waals surface area contributed by atoms with Crippen molar-refractivity contribution in [1.82, 2.24) is 0 Å². The summed E-state index contributed by atoms with van der Waals surface area (Å²) in [6, 6.07) is 40.2. The van der Waals surface area contributed by atoms with E-state index in [4.69, 9.17) is 23.7 Å². The van der Waals surface area contributed by atoms with E-state index in [1.165, 1.54) is 65.2 Å². The van der Waals surface area contributed by atoms with Gasteiger partial charge in [0, 0.05) is 74.1 Å². The molecule has 0 atom stereocenters. The Kier molecular flexibility index (Phi) is 7.62. The molecule has 11 rings (SSSR count). The van der Waals surface area contributed by atoms with Crippen LogP contribution in [0.1, 0.15) is 47.2 Å². The maximum atomic E-state index is 7.57. The second-order valence-corrected chi connectivity index (χ2v) is 19.4. The first-order chi connectivity index (χ1) is 26.6. The fourth-order valence-corrected chi connectivity index (χ4v) is 14.5. The molecule has 0 spiro atoms. The van der Waals surface area contributed by atoms with Crippen molar-refractivity contribution in [3.8, 4) is 34.5 Å². The summed E-state index contributed by atoms with van der Waals surface area (Å²) >= 11 is 0. The van der Waals surface area contributed by atoms with E-state index in [1.54, 1.807) is 0 Å². The summed E-state index contributed by atoms with van der Waals surface area (Å²) in [6.07, 6.45) is 3.69. The first-order valence-corrected chi connectivity index (χ1v) is 21.8. The van der Waals surface area contributed by atoms with E-state index in [2.05, 4.69) is 123 Å². The number of rotatable bonds is 6. The average Bonchev–Trinajstić information content (AvgIpc) is 4.03. The Labute approximate surface area is 318 Å². The van der Waals surface area contributed by atoms with E-state index in [-0.39, 0.29) is 5.41 Å². The molecule has 0 saturated carbocycles. The van der Waals surface area contributed by atoms with Gasteiger partial charge < -0.3 is 23.7 Å². The van der Waals surface area contributed by atoms with Gasteiger partial charge in [0.05, 0.1) is 26.4 Å². The maximum absolute atomic E-state index is 7.57. The van der Waals surface area contributed by atoms with Crippen molar-refractivity contribution in [2.24, 2.45) is 0 Å². The molecule has 0 N–H and O–H groups in total. The van der Waals surface area contributed by atoms with E-state index >= 15 is 0 Å². The lowest BCUT2D eigenvalue weighted by Gasteiger charge is -2.38. The third-order valence-electron chi connectivity index (χ3n) is 11.8. The molecule has 6 aromatic rings. The normalized spacial score (nSPS) is 16.6. The van der Waals surface area contributed by atoms with Crippen molar-refractivity contribution in [3.63, 3.8) is 0 Å². The first-order valence-electron chi connectivity index (χ1n) is 19.1.